The van der Waals surface area contributed by atoms with Crippen molar-refractivity contribution in [2.45, 2.75) is 6.36 Å². The minimum absolute atomic E-state index is 0.145. The number of aromatic amines is 1. The number of fused-ring (bicyclic) bond motifs is 1. The van der Waals surface area contributed by atoms with E-state index in [1.165, 1.54) is 6.07 Å². The molecule has 0 spiro atoms. The Morgan fingerprint density at radius 1 is 1.09 bits per heavy atom. The quantitative estimate of drug-likeness (QED) is 0.733. The molecule has 3 aromatic rings. The third-order valence-corrected chi connectivity index (χ3v) is 3.04. The zero-order valence-electron chi connectivity index (χ0n) is 11.3. The largest absolute Gasteiger partial charge is 0.573 e. The topological polar surface area (TPSA) is 55.0 Å². The Morgan fingerprint density at radius 3 is 2.57 bits per heavy atom. The van der Waals surface area contributed by atoms with Gasteiger partial charge in [0.05, 0.1) is 16.5 Å². The van der Waals surface area contributed by atoms with Crippen LogP contribution in [0.25, 0.3) is 22.3 Å². The molecule has 3 rings (SSSR count). The van der Waals surface area contributed by atoms with Crippen LogP contribution in [0.3, 0.4) is 0 Å². The van der Waals surface area contributed by atoms with Crippen LogP contribution >= 0.6 is 0 Å². The molecule has 0 saturated heterocycles. The Labute approximate surface area is 126 Å². The molecule has 0 atom stereocenters. The Kier molecular flexibility index (Phi) is 3.51. The van der Waals surface area contributed by atoms with Gasteiger partial charge in [-0.25, -0.2) is 9.37 Å². The predicted octanol–water partition coefficient (Wildman–Crippen LogP) is 3.63. The molecule has 0 aliphatic heterocycles. The molecule has 0 saturated carbocycles. The van der Waals surface area contributed by atoms with Crippen molar-refractivity contribution in [2.75, 3.05) is 0 Å². The highest BCUT2D eigenvalue weighted by Crippen LogP contribution is 2.32. The van der Waals surface area contributed by atoms with E-state index in [-0.39, 0.29) is 16.8 Å². The molecule has 0 aliphatic rings. The zero-order valence-corrected chi connectivity index (χ0v) is 11.3. The summed E-state index contributed by atoms with van der Waals surface area (Å²) in [6.45, 7) is 0. The molecule has 23 heavy (non-hydrogen) atoms. The van der Waals surface area contributed by atoms with Gasteiger partial charge in [-0.15, -0.1) is 13.2 Å². The molecular weight excluding hydrogens is 316 g/mol. The monoisotopic (exact) mass is 324 g/mol. The van der Waals surface area contributed by atoms with Crippen molar-refractivity contribution >= 4 is 10.9 Å². The molecule has 0 unspecified atom stereocenters. The zero-order chi connectivity index (χ0) is 16.6. The SMILES string of the molecule is O=c1[nH]c(-c2ccc(F)cc2OC(F)(F)F)nc2ccccc12. The van der Waals surface area contributed by atoms with E-state index in [0.29, 0.717) is 11.6 Å². The molecule has 118 valence electrons. The fourth-order valence-electron chi connectivity index (χ4n) is 2.11. The molecule has 1 N–H and O–H groups in total. The van der Waals surface area contributed by atoms with Gasteiger partial charge in [0, 0.05) is 6.07 Å². The van der Waals surface area contributed by atoms with E-state index in [2.05, 4.69) is 14.7 Å². The number of benzene rings is 2. The van der Waals surface area contributed by atoms with Gasteiger partial charge in [-0.1, -0.05) is 12.1 Å². The highest BCUT2D eigenvalue weighted by molar-refractivity contribution is 5.80. The maximum absolute atomic E-state index is 13.2. The normalized spacial score (nSPS) is 11.7. The Morgan fingerprint density at radius 2 is 1.83 bits per heavy atom. The fourth-order valence-corrected chi connectivity index (χ4v) is 2.11. The average molecular weight is 324 g/mol. The van der Waals surface area contributed by atoms with Gasteiger partial charge in [-0.05, 0) is 24.3 Å². The first-order valence-electron chi connectivity index (χ1n) is 6.38. The first-order chi connectivity index (χ1) is 10.8. The summed E-state index contributed by atoms with van der Waals surface area (Å²) in [5.74, 6) is -1.83. The van der Waals surface area contributed by atoms with Crippen LogP contribution in [0.1, 0.15) is 0 Å². The van der Waals surface area contributed by atoms with Crippen molar-refractivity contribution < 1.29 is 22.3 Å². The van der Waals surface area contributed by atoms with Crippen molar-refractivity contribution in [1.29, 1.82) is 0 Å². The fraction of sp³-hybridized carbons (Fsp3) is 0.0667. The summed E-state index contributed by atoms with van der Waals surface area (Å²) in [4.78, 5) is 18.5. The van der Waals surface area contributed by atoms with E-state index in [1.807, 2.05) is 0 Å². The minimum atomic E-state index is -5.00. The smallest absolute Gasteiger partial charge is 0.405 e. The number of hydrogen-bond acceptors (Lipinski definition) is 3. The Bertz CT molecular complexity index is 935. The number of halogens is 4. The van der Waals surface area contributed by atoms with Crippen LogP contribution in [0, 0.1) is 5.82 Å². The van der Waals surface area contributed by atoms with Crippen molar-refractivity contribution in [3.05, 3.63) is 58.6 Å². The first-order valence-corrected chi connectivity index (χ1v) is 6.38. The highest BCUT2D eigenvalue weighted by Gasteiger charge is 2.32. The highest BCUT2D eigenvalue weighted by atomic mass is 19.4. The van der Waals surface area contributed by atoms with E-state index >= 15 is 0 Å². The third kappa shape index (κ3) is 3.15. The van der Waals surface area contributed by atoms with E-state index in [1.54, 1.807) is 18.2 Å². The summed E-state index contributed by atoms with van der Waals surface area (Å²) < 4.78 is 54.4. The number of alkyl halides is 3. The lowest BCUT2D eigenvalue weighted by Crippen LogP contribution is -2.18. The summed E-state index contributed by atoms with van der Waals surface area (Å²) in [7, 11) is 0. The van der Waals surface area contributed by atoms with Crippen LogP contribution in [0.2, 0.25) is 0 Å². The van der Waals surface area contributed by atoms with Crippen LogP contribution in [0.4, 0.5) is 17.6 Å². The van der Waals surface area contributed by atoms with Crippen LogP contribution in [-0.4, -0.2) is 16.3 Å². The molecular formula is C15H8F4N2O2. The van der Waals surface area contributed by atoms with Gasteiger partial charge in [0.2, 0.25) is 0 Å². The van der Waals surface area contributed by atoms with Gasteiger partial charge in [0.25, 0.3) is 5.56 Å². The Hall–Kier alpha value is -2.90. The maximum Gasteiger partial charge on any atom is 0.573 e. The van der Waals surface area contributed by atoms with Gasteiger partial charge < -0.3 is 9.72 Å². The summed E-state index contributed by atoms with van der Waals surface area (Å²) >= 11 is 0. The van der Waals surface area contributed by atoms with E-state index in [4.69, 9.17) is 0 Å². The number of hydrogen-bond donors (Lipinski definition) is 1. The lowest BCUT2D eigenvalue weighted by molar-refractivity contribution is -0.274. The molecule has 0 amide bonds. The Balaban J connectivity index is 2.20. The van der Waals surface area contributed by atoms with Crippen LogP contribution in [0.15, 0.2) is 47.3 Å². The lowest BCUT2D eigenvalue weighted by atomic mass is 10.1. The number of ether oxygens (including phenoxy) is 1. The van der Waals surface area contributed by atoms with E-state index in [9.17, 15) is 22.4 Å². The van der Waals surface area contributed by atoms with Crippen LogP contribution in [-0.2, 0) is 0 Å². The van der Waals surface area contributed by atoms with Crippen LogP contribution in [0.5, 0.6) is 5.75 Å². The second kappa shape index (κ2) is 5.38. The van der Waals surface area contributed by atoms with Gasteiger partial charge in [-0.2, -0.15) is 0 Å². The molecule has 1 heterocycles. The summed E-state index contributed by atoms with van der Waals surface area (Å²) in [6, 6.07) is 8.94. The lowest BCUT2D eigenvalue weighted by Gasteiger charge is -2.13. The number of para-hydroxylation sites is 1. The molecule has 8 heteroatoms. The van der Waals surface area contributed by atoms with Gasteiger partial charge >= 0.3 is 6.36 Å². The first kappa shape index (κ1) is 15.0. The molecule has 1 aromatic heterocycles. The second-order valence-corrected chi connectivity index (χ2v) is 4.62. The number of aromatic nitrogens is 2. The van der Waals surface area contributed by atoms with Crippen molar-refractivity contribution in [1.82, 2.24) is 9.97 Å². The predicted molar refractivity (Wildman–Crippen MR) is 74.4 cm³/mol. The second-order valence-electron chi connectivity index (χ2n) is 4.62. The molecule has 0 radical (unpaired) electrons. The molecule has 2 aromatic carbocycles. The maximum atomic E-state index is 13.2. The van der Waals surface area contributed by atoms with Crippen molar-refractivity contribution in [3.8, 4) is 17.1 Å². The van der Waals surface area contributed by atoms with Gasteiger partial charge in [0.15, 0.2) is 0 Å². The summed E-state index contributed by atoms with van der Waals surface area (Å²) in [5, 5.41) is 0.289. The summed E-state index contributed by atoms with van der Waals surface area (Å²) in [5.41, 5.74) is -0.395. The van der Waals surface area contributed by atoms with E-state index in [0.717, 1.165) is 12.1 Å². The van der Waals surface area contributed by atoms with Gasteiger partial charge in [-0.3, -0.25) is 4.79 Å². The van der Waals surface area contributed by atoms with Crippen molar-refractivity contribution in [2.24, 2.45) is 0 Å². The molecule has 0 aliphatic carbocycles. The standard InChI is InChI=1S/C15H8F4N2O2/c16-8-5-6-10(12(7-8)23-15(17,18)19)13-20-11-4-2-1-3-9(11)14(22)21-13/h1-7H,(H,20,21,22). The number of nitrogens with one attached hydrogen (secondary N) is 1. The molecule has 0 bridgehead atoms. The average Bonchev–Trinajstić information content (AvgIpc) is 2.45. The third-order valence-electron chi connectivity index (χ3n) is 3.04. The van der Waals surface area contributed by atoms with Crippen LogP contribution < -0.4 is 10.3 Å². The van der Waals surface area contributed by atoms with E-state index < -0.39 is 23.5 Å². The molecule has 4 nitrogen and oxygen atoms in total. The molecule has 0 fully saturated rings. The van der Waals surface area contributed by atoms with Crippen molar-refractivity contribution in [3.63, 3.8) is 0 Å². The number of rotatable bonds is 2. The minimum Gasteiger partial charge on any atom is -0.405 e. The number of H-pyrrole nitrogens is 1. The number of nitrogens with zero attached hydrogens (tertiary/aromatic N) is 1. The van der Waals surface area contributed by atoms with Gasteiger partial charge in [0.1, 0.15) is 17.4 Å². The summed E-state index contributed by atoms with van der Waals surface area (Å²) in [6.07, 6.45) is -5.00.